The molecule has 2 atom stereocenters. The Morgan fingerprint density at radius 2 is 2.06 bits per heavy atom. The smallest absolute Gasteiger partial charge is 0.406 e. The lowest BCUT2D eigenvalue weighted by atomic mass is 9.94. The third-order valence-corrected chi connectivity index (χ3v) is 5.82. The van der Waals surface area contributed by atoms with Crippen LogP contribution in [0.1, 0.15) is 24.8 Å². The number of nitrogens with one attached hydrogen (secondary N) is 3. The van der Waals surface area contributed by atoms with Crippen LogP contribution in [-0.4, -0.2) is 69.4 Å². The number of aliphatic hydroxyl groups is 1. The molecule has 186 valence electrons. The standard InChI is InChI=1S/C20H24F4N6O4/c21-16-6-15(34-20(22,23)24)4-1-12(16)7-25-19(33)30(13-2-3-13)14-5-11(10-31)8-29(9-14)17-26-18(32)28-27-17/h1,4,6,11,13-14,31H,2-3,5,7-10H2,(H,25,33)(H2,26,27,28,32). The molecule has 2 amide bonds. The van der Waals surface area contributed by atoms with Crippen LogP contribution >= 0.6 is 0 Å². The van der Waals surface area contributed by atoms with Gasteiger partial charge in [-0.25, -0.2) is 19.1 Å². The van der Waals surface area contributed by atoms with Gasteiger partial charge in [-0.2, -0.15) is 0 Å². The summed E-state index contributed by atoms with van der Waals surface area (Å²) in [6.07, 6.45) is -2.81. The van der Waals surface area contributed by atoms with E-state index < -0.39 is 29.6 Å². The first-order valence-corrected chi connectivity index (χ1v) is 10.7. The van der Waals surface area contributed by atoms with Crippen LogP contribution in [0.15, 0.2) is 23.0 Å². The van der Waals surface area contributed by atoms with Crippen molar-refractivity contribution in [3.8, 4) is 5.75 Å². The summed E-state index contributed by atoms with van der Waals surface area (Å²) in [5.74, 6) is -1.47. The molecule has 1 aliphatic carbocycles. The van der Waals surface area contributed by atoms with Gasteiger partial charge in [0.1, 0.15) is 11.6 Å². The number of aliphatic hydroxyl groups excluding tert-OH is 1. The second kappa shape index (κ2) is 9.52. The Morgan fingerprint density at radius 3 is 2.65 bits per heavy atom. The largest absolute Gasteiger partial charge is 0.573 e. The highest BCUT2D eigenvalue weighted by Crippen LogP contribution is 2.33. The van der Waals surface area contributed by atoms with E-state index in [0.717, 1.165) is 25.0 Å². The lowest BCUT2D eigenvalue weighted by Crippen LogP contribution is -2.56. The SMILES string of the molecule is O=C(NCc1ccc(OC(F)(F)F)cc1F)N(C1CC1)C1CC(CO)CN(c2n[nH]c(=O)[nH]2)C1. The second-order valence-corrected chi connectivity index (χ2v) is 8.44. The molecule has 2 unspecified atom stereocenters. The van der Waals surface area contributed by atoms with E-state index in [1.54, 1.807) is 9.80 Å². The van der Waals surface area contributed by atoms with E-state index in [-0.39, 0.29) is 36.7 Å². The van der Waals surface area contributed by atoms with Crippen molar-refractivity contribution in [2.45, 2.75) is 44.3 Å². The molecular formula is C20H24F4N6O4. The van der Waals surface area contributed by atoms with Crippen molar-refractivity contribution in [2.75, 3.05) is 24.6 Å². The van der Waals surface area contributed by atoms with E-state index in [2.05, 4.69) is 25.2 Å². The zero-order valence-corrected chi connectivity index (χ0v) is 17.9. The minimum atomic E-state index is -4.93. The number of aromatic amines is 2. The van der Waals surface area contributed by atoms with Crippen molar-refractivity contribution >= 4 is 12.0 Å². The van der Waals surface area contributed by atoms with Gasteiger partial charge in [-0.1, -0.05) is 6.07 Å². The van der Waals surface area contributed by atoms with Crippen LogP contribution < -0.4 is 20.6 Å². The van der Waals surface area contributed by atoms with E-state index in [0.29, 0.717) is 31.5 Å². The number of aromatic nitrogens is 3. The van der Waals surface area contributed by atoms with Crippen LogP contribution in [0, 0.1) is 11.7 Å². The molecule has 1 saturated carbocycles. The summed E-state index contributed by atoms with van der Waals surface area (Å²) in [6.45, 7) is 0.483. The Kier molecular flexibility index (Phi) is 6.68. The minimum absolute atomic E-state index is 0.00576. The van der Waals surface area contributed by atoms with Crippen molar-refractivity contribution in [3.63, 3.8) is 0 Å². The van der Waals surface area contributed by atoms with E-state index >= 15 is 0 Å². The van der Waals surface area contributed by atoms with Gasteiger partial charge in [0.05, 0.1) is 6.04 Å². The second-order valence-electron chi connectivity index (χ2n) is 8.44. The molecule has 0 radical (unpaired) electrons. The molecule has 34 heavy (non-hydrogen) atoms. The van der Waals surface area contributed by atoms with Crippen molar-refractivity contribution in [1.82, 2.24) is 25.4 Å². The summed E-state index contributed by atoms with van der Waals surface area (Å²) in [7, 11) is 0. The first-order valence-electron chi connectivity index (χ1n) is 10.7. The Labute approximate surface area is 190 Å². The summed E-state index contributed by atoms with van der Waals surface area (Å²) >= 11 is 0. The van der Waals surface area contributed by atoms with Gasteiger partial charge < -0.3 is 25.0 Å². The fraction of sp³-hybridized carbons (Fsp3) is 0.550. The highest BCUT2D eigenvalue weighted by Gasteiger charge is 2.41. The summed E-state index contributed by atoms with van der Waals surface area (Å²) < 4.78 is 54.9. The van der Waals surface area contributed by atoms with Crippen molar-refractivity contribution in [1.29, 1.82) is 0 Å². The predicted molar refractivity (Wildman–Crippen MR) is 111 cm³/mol. The number of urea groups is 1. The predicted octanol–water partition coefficient (Wildman–Crippen LogP) is 1.70. The van der Waals surface area contributed by atoms with Gasteiger partial charge in [-0.3, -0.25) is 4.98 Å². The van der Waals surface area contributed by atoms with Crippen LogP contribution in [0.4, 0.5) is 28.3 Å². The van der Waals surface area contributed by atoms with Gasteiger partial charge in [-0.15, -0.1) is 18.3 Å². The quantitative estimate of drug-likeness (QED) is 0.440. The first kappa shape index (κ1) is 23.9. The number of H-pyrrole nitrogens is 2. The van der Waals surface area contributed by atoms with Crippen molar-refractivity contribution in [3.05, 3.63) is 40.1 Å². The van der Waals surface area contributed by atoms with Crippen LogP contribution in [0.2, 0.25) is 0 Å². The third kappa shape index (κ3) is 5.79. The van der Waals surface area contributed by atoms with Crippen molar-refractivity contribution in [2.24, 2.45) is 5.92 Å². The number of nitrogens with zero attached hydrogens (tertiary/aromatic N) is 3. The van der Waals surface area contributed by atoms with E-state index in [9.17, 15) is 32.3 Å². The van der Waals surface area contributed by atoms with Crippen molar-refractivity contribution < 1.29 is 32.2 Å². The molecule has 2 fully saturated rings. The van der Waals surface area contributed by atoms with Gasteiger partial charge in [0, 0.05) is 49.8 Å². The van der Waals surface area contributed by atoms with Crippen LogP contribution in [0.3, 0.4) is 0 Å². The number of hydrogen-bond acceptors (Lipinski definition) is 6. The number of piperidine rings is 1. The molecule has 0 bridgehead atoms. The molecule has 14 heteroatoms. The van der Waals surface area contributed by atoms with Gasteiger partial charge in [0.2, 0.25) is 5.95 Å². The number of ether oxygens (including phenoxy) is 1. The van der Waals surface area contributed by atoms with E-state index in [4.69, 9.17) is 0 Å². The molecular weight excluding hydrogens is 464 g/mol. The normalized spacial score (nSPS) is 20.8. The maximum Gasteiger partial charge on any atom is 0.573 e. The zero-order chi connectivity index (χ0) is 24.5. The zero-order valence-electron chi connectivity index (χ0n) is 17.9. The van der Waals surface area contributed by atoms with Gasteiger partial charge >= 0.3 is 18.1 Å². The number of hydrogen-bond donors (Lipinski definition) is 4. The Bertz CT molecular complexity index is 1070. The Hall–Kier alpha value is -3.29. The topological polar surface area (TPSA) is 127 Å². The maximum atomic E-state index is 14.3. The number of alkyl halides is 3. The number of halogens is 4. The van der Waals surface area contributed by atoms with E-state index in [1.807, 2.05) is 0 Å². The fourth-order valence-corrected chi connectivity index (χ4v) is 4.21. The molecule has 1 saturated heterocycles. The Balaban J connectivity index is 1.44. The molecule has 4 N–H and O–H groups in total. The monoisotopic (exact) mass is 488 g/mol. The number of rotatable bonds is 7. The highest BCUT2D eigenvalue weighted by molar-refractivity contribution is 5.75. The Morgan fingerprint density at radius 1 is 1.29 bits per heavy atom. The molecule has 0 spiro atoms. The molecule has 2 aliphatic rings. The fourth-order valence-electron chi connectivity index (χ4n) is 4.21. The van der Waals surface area contributed by atoms with Gasteiger partial charge in [0.15, 0.2) is 0 Å². The lowest BCUT2D eigenvalue weighted by molar-refractivity contribution is -0.274. The minimum Gasteiger partial charge on any atom is -0.406 e. The highest BCUT2D eigenvalue weighted by atomic mass is 19.4. The number of carbonyl (C=O) groups excluding carboxylic acids is 1. The number of benzene rings is 1. The average molecular weight is 488 g/mol. The summed E-state index contributed by atoms with van der Waals surface area (Å²) in [5.41, 5.74) is -0.464. The lowest BCUT2D eigenvalue weighted by Gasteiger charge is -2.42. The average Bonchev–Trinajstić information content (AvgIpc) is 3.50. The van der Waals surface area contributed by atoms with Crippen LogP contribution in [0.5, 0.6) is 5.75 Å². The molecule has 2 heterocycles. The van der Waals surface area contributed by atoms with Gasteiger partial charge in [0.25, 0.3) is 0 Å². The first-order chi connectivity index (χ1) is 16.1. The maximum absolute atomic E-state index is 14.3. The molecule has 1 aromatic heterocycles. The van der Waals surface area contributed by atoms with Gasteiger partial charge in [-0.05, 0) is 25.3 Å². The molecule has 10 nitrogen and oxygen atoms in total. The molecule has 4 rings (SSSR count). The van der Waals surface area contributed by atoms with Crippen LogP contribution in [-0.2, 0) is 6.54 Å². The molecule has 1 aliphatic heterocycles. The third-order valence-electron chi connectivity index (χ3n) is 5.82. The van der Waals surface area contributed by atoms with Crippen LogP contribution in [0.25, 0.3) is 0 Å². The number of anilines is 1. The molecule has 1 aromatic carbocycles. The van der Waals surface area contributed by atoms with E-state index in [1.165, 1.54) is 0 Å². The molecule has 2 aromatic rings. The number of amides is 2. The number of carbonyl (C=O) groups is 1. The summed E-state index contributed by atoms with van der Waals surface area (Å²) in [6, 6.07) is 1.95. The summed E-state index contributed by atoms with van der Waals surface area (Å²) in [4.78, 5) is 30.5. The summed E-state index contributed by atoms with van der Waals surface area (Å²) in [5, 5.41) is 18.6.